The monoisotopic (exact) mass is 418 g/mol. The fourth-order valence-corrected chi connectivity index (χ4v) is 2.80. The molecule has 2 aromatic rings. The minimum absolute atomic E-state index is 0.0665. The number of nitrogens with one attached hydrogen (secondary N) is 2. The van der Waals surface area contributed by atoms with Crippen molar-refractivity contribution < 1.29 is 14.3 Å². The Balaban J connectivity index is 2.16. The molecule has 0 aromatic heterocycles. The van der Waals surface area contributed by atoms with Crippen LogP contribution in [0, 0.1) is 6.92 Å². The van der Waals surface area contributed by atoms with E-state index < -0.39 is 0 Å². The van der Waals surface area contributed by atoms with Gasteiger partial charge in [0.2, 0.25) is 5.91 Å². The predicted molar refractivity (Wildman–Crippen MR) is 108 cm³/mol. The summed E-state index contributed by atoms with van der Waals surface area (Å²) in [6.45, 7) is 6.31. The van der Waals surface area contributed by atoms with Crippen molar-refractivity contribution in [2.75, 3.05) is 17.2 Å². The second-order valence-electron chi connectivity index (χ2n) is 5.83. The lowest BCUT2D eigenvalue weighted by Crippen LogP contribution is -2.15. The molecule has 2 rings (SSSR count). The molecule has 2 aromatic carbocycles. The molecule has 0 unspecified atom stereocenters. The van der Waals surface area contributed by atoms with Crippen LogP contribution < -0.4 is 15.4 Å². The summed E-state index contributed by atoms with van der Waals surface area (Å²) in [6.07, 6.45) is 1.31. The number of hydrogen-bond donors (Lipinski definition) is 2. The molecule has 26 heavy (non-hydrogen) atoms. The molecule has 0 heterocycles. The average molecular weight is 419 g/mol. The van der Waals surface area contributed by atoms with Gasteiger partial charge in [0.05, 0.1) is 11.1 Å². The van der Waals surface area contributed by atoms with Crippen LogP contribution >= 0.6 is 15.9 Å². The van der Waals surface area contributed by atoms with Crippen LogP contribution in [0.5, 0.6) is 5.75 Å². The molecule has 0 aliphatic carbocycles. The van der Waals surface area contributed by atoms with E-state index >= 15 is 0 Å². The number of benzene rings is 2. The fraction of sp³-hybridized carbons (Fsp3) is 0.300. The van der Waals surface area contributed by atoms with Crippen LogP contribution in [0.2, 0.25) is 0 Å². The van der Waals surface area contributed by atoms with Gasteiger partial charge < -0.3 is 15.4 Å². The van der Waals surface area contributed by atoms with Crippen LogP contribution in [0.25, 0.3) is 0 Å². The molecule has 0 saturated carbocycles. The number of rotatable bonds is 7. The largest absolute Gasteiger partial charge is 0.492 e. The molecular formula is C20H23BrN2O3. The molecule has 138 valence electrons. The standard InChI is InChI=1S/C20H23BrN2O3/c1-4-11-26-18-10-9-14(12-15(18)21)20(25)23-17-8-6-7-16(13(17)3)22-19(24)5-2/h6-10,12H,4-5,11H2,1-3H3,(H,22,24)(H,23,25). The molecule has 0 aliphatic rings. The van der Waals surface area contributed by atoms with E-state index in [9.17, 15) is 9.59 Å². The molecular weight excluding hydrogens is 396 g/mol. The van der Waals surface area contributed by atoms with E-state index in [1.807, 2.05) is 26.0 Å². The van der Waals surface area contributed by atoms with Gasteiger partial charge in [-0.05, 0) is 65.2 Å². The Morgan fingerprint density at radius 3 is 2.38 bits per heavy atom. The van der Waals surface area contributed by atoms with Gasteiger partial charge in [-0.1, -0.05) is 19.9 Å². The Morgan fingerprint density at radius 2 is 1.77 bits per heavy atom. The van der Waals surface area contributed by atoms with Crippen molar-refractivity contribution in [2.24, 2.45) is 0 Å². The van der Waals surface area contributed by atoms with Crippen molar-refractivity contribution in [3.8, 4) is 5.75 Å². The Kier molecular flexibility index (Phi) is 7.21. The van der Waals surface area contributed by atoms with Crippen LogP contribution in [-0.2, 0) is 4.79 Å². The molecule has 6 heteroatoms. The van der Waals surface area contributed by atoms with Gasteiger partial charge in [-0.3, -0.25) is 9.59 Å². The van der Waals surface area contributed by atoms with E-state index in [1.165, 1.54) is 0 Å². The molecule has 2 amide bonds. The fourth-order valence-electron chi connectivity index (χ4n) is 2.31. The number of amides is 2. The molecule has 0 spiro atoms. The number of hydrogen-bond acceptors (Lipinski definition) is 3. The van der Waals surface area contributed by atoms with E-state index in [2.05, 4.69) is 26.6 Å². The van der Waals surface area contributed by atoms with Crippen molar-refractivity contribution in [3.05, 3.63) is 52.0 Å². The first-order valence-corrected chi connectivity index (χ1v) is 9.38. The maximum Gasteiger partial charge on any atom is 0.255 e. The van der Waals surface area contributed by atoms with E-state index in [-0.39, 0.29) is 11.8 Å². The topological polar surface area (TPSA) is 67.4 Å². The first kappa shape index (κ1) is 20.0. The number of carbonyl (C=O) groups excluding carboxylic acids is 2. The van der Waals surface area contributed by atoms with E-state index in [0.717, 1.165) is 16.5 Å². The summed E-state index contributed by atoms with van der Waals surface area (Å²) in [5.41, 5.74) is 2.68. The zero-order valence-electron chi connectivity index (χ0n) is 15.2. The average Bonchev–Trinajstić information content (AvgIpc) is 2.63. The van der Waals surface area contributed by atoms with Gasteiger partial charge in [0.15, 0.2) is 0 Å². The number of ether oxygens (including phenoxy) is 1. The SMILES string of the molecule is CCCOc1ccc(C(=O)Nc2cccc(NC(=O)CC)c2C)cc1Br. The first-order valence-electron chi connectivity index (χ1n) is 8.59. The third-order valence-electron chi connectivity index (χ3n) is 3.83. The van der Waals surface area contributed by atoms with Crippen molar-refractivity contribution in [2.45, 2.75) is 33.6 Å². The summed E-state index contributed by atoms with van der Waals surface area (Å²) in [7, 11) is 0. The van der Waals surface area contributed by atoms with Crippen molar-refractivity contribution in [1.82, 2.24) is 0 Å². The van der Waals surface area contributed by atoms with Gasteiger partial charge in [-0.2, -0.15) is 0 Å². The molecule has 0 fully saturated rings. The minimum Gasteiger partial charge on any atom is -0.492 e. The summed E-state index contributed by atoms with van der Waals surface area (Å²) in [5, 5.41) is 5.73. The summed E-state index contributed by atoms with van der Waals surface area (Å²) >= 11 is 3.44. The molecule has 0 radical (unpaired) electrons. The van der Waals surface area contributed by atoms with Crippen LogP contribution in [0.1, 0.15) is 42.6 Å². The Hall–Kier alpha value is -2.34. The van der Waals surface area contributed by atoms with Crippen LogP contribution in [-0.4, -0.2) is 18.4 Å². The molecule has 0 atom stereocenters. The molecule has 0 bridgehead atoms. The lowest BCUT2D eigenvalue weighted by molar-refractivity contribution is -0.115. The highest BCUT2D eigenvalue weighted by Crippen LogP contribution is 2.28. The van der Waals surface area contributed by atoms with E-state index in [0.29, 0.717) is 35.7 Å². The zero-order valence-corrected chi connectivity index (χ0v) is 16.8. The second kappa shape index (κ2) is 9.38. The second-order valence-corrected chi connectivity index (χ2v) is 6.68. The number of halogens is 1. The third-order valence-corrected chi connectivity index (χ3v) is 4.45. The highest BCUT2D eigenvalue weighted by atomic mass is 79.9. The highest BCUT2D eigenvalue weighted by Gasteiger charge is 2.12. The summed E-state index contributed by atoms with van der Waals surface area (Å²) < 4.78 is 6.34. The smallest absolute Gasteiger partial charge is 0.255 e. The van der Waals surface area contributed by atoms with Crippen molar-refractivity contribution in [3.63, 3.8) is 0 Å². The van der Waals surface area contributed by atoms with Gasteiger partial charge in [-0.25, -0.2) is 0 Å². The normalized spacial score (nSPS) is 10.3. The quantitative estimate of drug-likeness (QED) is 0.653. The number of anilines is 2. The molecule has 0 aliphatic heterocycles. The Labute approximate surface area is 162 Å². The number of carbonyl (C=O) groups is 2. The van der Waals surface area contributed by atoms with Gasteiger partial charge in [0.1, 0.15) is 5.75 Å². The van der Waals surface area contributed by atoms with Gasteiger partial charge in [0, 0.05) is 23.4 Å². The third kappa shape index (κ3) is 5.08. The van der Waals surface area contributed by atoms with E-state index in [4.69, 9.17) is 4.74 Å². The lowest BCUT2D eigenvalue weighted by Gasteiger charge is -2.14. The lowest BCUT2D eigenvalue weighted by atomic mass is 10.1. The van der Waals surface area contributed by atoms with Crippen LogP contribution in [0.4, 0.5) is 11.4 Å². The van der Waals surface area contributed by atoms with Gasteiger partial charge in [-0.15, -0.1) is 0 Å². The van der Waals surface area contributed by atoms with Crippen LogP contribution in [0.15, 0.2) is 40.9 Å². The minimum atomic E-state index is -0.227. The summed E-state index contributed by atoms with van der Waals surface area (Å²) in [4.78, 5) is 24.2. The Morgan fingerprint density at radius 1 is 1.08 bits per heavy atom. The summed E-state index contributed by atoms with van der Waals surface area (Å²) in [6, 6.07) is 10.7. The first-order chi connectivity index (χ1) is 12.5. The zero-order chi connectivity index (χ0) is 19.1. The molecule has 2 N–H and O–H groups in total. The maximum absolute atomic E-state index is 12.6. The highest BCUT2D eigenvalue weighted by molar-refractivity contribution is 9.10. The van der Waals surface area contributed by atoms with Gasteiger partial charge in [0.25, 0.3) is 5.91 Å². The van der Waals surface area contributed by atoms with Gasteiger partial charge >= 0.3 is 0 Å². The summed E-state index contributed by atoms with van der Waals surface area (Å²) in [5.74, 6) is 0.418. The van der Waals surface area contributed by atoms with E-state index in [1.54, 1.807) is 31.2 Å². The van der Waals surface area contributed by atoms with Crippen molar-refractivity contribution >= 4 is 39.1 Å². The molecule has 5 nitrogen and oxygen atoms in total. The van der Waals surface area contributed by atoms with Crippen LogP contribution in [0.3, 0.4) is 0 Å². The molecule has 0 saturated heterocycles. The predicted octanol–water partition coefficient (Wildman–Crippen LogP) is 5.15. The Bertz CT molecular complexity index is 806. The maximum atomic E-state index is 12.6. The van der Waals surface area contributed by atoms with Crippen molar-refractivity contribution in [1.29, 1.82) is 0 Å².